The normalized spacial score (nSPS) is 16.5. The maximum absolute atomic E-state index is 14.6. The Bertz CT molecular complexity index is 839. The van der Waals surface area contributed by atoms with Crippen molar-refractivity contribution in [1.29, 1.82) is 0 Å². The number of halogens is 2. The van der Waals surface area contributed by atoms with E-state index < -0.39 is 19.8 Å². The largest absolute Gasteiger partial charge is 0.381 e. The van der Waals surface area contributed by atoms with E-state index in [4.69, 9.17) is 16.3 Å². The second kappa shape index (κ2) is 7.46. The lowest BCUT2D eigenvalue weighted by molar-refractivity contribution is -0.118. The zero-order valence-electron chi connectivity index (χ0n) is 15.1. The molecule has 3 rings (SSSR count). The van der Waals surface area contributed by atoms with Gasteiger partial charge in [0.25, 0.3) is 0 Å². The van der Waals surface area contributed by atoms with E-state index in [1.165, 1.54) is 6.07 Å². The number of anilines is 1. The number of hydrogen-bond donors (Lipinski definition) is 1. The van der Waals surface area contributed by atoms with Gasteiger partial charge in [0.1, 0.15) is 11.7 Å². The lowest BCUT2D eigenvalue weighted by Crippen LogP contribution is -2.26. The van der Waals surface area contributed by atoms with Crippen LogP contribution < -0.4 is 5.32 Å². The SMILES string of the molecule is C[Si](C)(C)CCOCC1C(=O)Nc2cc(Cl)cc(F)c2-c2cccnc21. The lowest BCUT2D eigenvalue weighted by atomic mass is 9.96. The summed E-state index contributed by atoms with van der Waals surface area (Å²) in [6, 6.07) is 7.32. The van der Waals surface area contributed by atoms with Crippen molar-refractivity contribution in [3.8, 4) is 11.1 Å². The molecule has 4 nitrogen and oxygen atoms in total. The third kappa shape index (κ3) is 4.14. The van der Waals surface area contributed by atoms with Gasteiger partial charge in [-0.2, -0.15) is 0 Å². The van der Waals surface area contributed by atoms with Gasteiger partial charge < -0.3 is 10.1 Å². The maximum atomic E-state index is 14.6. The van der Waals surface area contributed by atoms with Crippen LogP contribution in [0.2, 0.25) is 30.7 Å². The van der Waals surface area contributed by atoms with Gasteiger partial charge in [0, 0.05) is 37.0 Å². The average Bonchev–Trinajstić information content (AvgIpc) is 2.64. The number of aromatic nitrogens is 1. The van der Waals surface area contributed by atoms with Gasteiger partial charge in [-0.3, -0.25) is 9.78 Å². The lowest BCUT2D eigenvalue weighted by Gasteiger charge is -2.18. The van der Waals surface area contributed by atoms with E-state index >= 15 is 0 Å². The first-order chi connectivity index (χ1) is 12.3. The number of rotatable bonds is 5. The smallest absolute Gasteiger partial charge is 0.235 e. The molecule has 0 bridgehead atoms. The Morgan fingerprint density at radius 3 is 2.85 bits per heavy atom. The molecule has 2 heterocycles. The number of hydrogen-bond acceptors (Lipinski definition) is 3. The van der Waals surface area contributed by atoms with Crippen LogP contribution in [0.25, 0.3) is 11.1 Å². The van der Waals surface area contributed by atoms with Crippen LogP contribution in [0.1, 0.15) is 11.6 Å². The van der Waals surface area contributed by atoms with Crippen LogP contribution in [-0.4, -0.2) is 32.2 Å². The molecule has 1 amide bonds. The molecule has 0 saturated carbocycles. The van der Waals surface area contributed by atoms with E-state index in [-0.39, 0.29) is 17.5 Å². The van der Waals surface area contributed by atoms with Crippen molar-refractivity contribution in [3.05, 3.63) is 47.0 Å². The minimum atomic E-state index is -1.21. The van der Waals surface area contributed by atoms with Gasteiger partial charge in [-0.25, -0.2) is 4.39 Å². The van der Waals surface area contributed by atoms with Gasteiger partial charge in [0.15, 0.2) is 0 Å². The number of ether oxygens (including phenoxy) is 1. The van der Waals surface area contributed by atoms with Gasteiger partial charge in [-0.15, -0.1) is 0 Å². The number of nitrogens with zero attached hydrogens (tertiary/aromatic N) is 1. The van der Waals surface area contributed by atoms with Gasteiger partial charge >= 0.3 is 0 Å². The summed E-state index contributed by atoms with van der Waals surface area (Å²) in [6.45, 7) is 7.64. The minimum Gasteiger partial charge on any atom is -0.381 e. The first-order valence-corrected chi connectivity index (χ1v) is 12.7. The molecule has 0 fully saturated rings. The Morgan fingerprint density at radius 1 is 1.35 bits per heavy atom. The average molecular weight is 393 g/mol. The third-order valence-corrected chi connectivity index (χ3v) is 6.27. The Hall–Kier alpha value is -1.76. The highest BCUT2D eigenvalue weighted by Crippen LogP contribution is 2.40. The van der Waals surface area contributed by atoms with Gasteiger partial charge in [-0.05, 0) is 24.2 Å². The van der Waals surface area contributed by atoms with Crippen molar-refractivity contribution in [1.82, 2.24) is 4.98 Å². The highest BCUT2D eigenvalue weighted by molar-refractivity contribution is 6.76. The summed E-state index contributed by atoms with van der Waals surface area (Å²) in [6.07, 6.45) is 1.61. The molecule has 1 N–H and O–H groups in total. The van der Waals surface area contributed by atoms with Crippen LogP contribution in [0, 0.1) is 5.82 Å². The summed E-state index contributed by atoms with van der Waals surface area (Å²) in [5.74, 6) is -1.35. The number of amides is 1. The molecular weight excluding hydrogens is 371 g/mol. The molecule has 0 aliphatic carbocycles. The number of carbonyl (C=O) groups is 1. The Balaban J connectivity index is 1.93. The van der Waals surface area contributed by atoms with Crippen LogP contribution in [0.4, 0.5) is 10.1 Å². The van der Waals surface area contributed by atoms with E-state index in [1.807, 2.05) is 0 Å². The second-order valence-electron chi connectivity index (χ2n) is 7.67. The van der Waals surface area contributed by atoms with E-state index in [0.717, 1.165) is 6.04 Å². The van der Waals surface area contributed by atoms with Gasteiger partial charge in [0.2, 0.25) is 5.91 Å². The molecular formula is C19H22ClFN2O2Si. The third-order valence-electron chi connectivity index (χ3n) is 4.35. The van der Waals surface area contributed by atoms with Crippen molar-refractivity contribution >= 4 is 31.3 Å². The molecule has 0 spiro atoms. The number of benzene rings is 1. The number of carbonyl (C=O) groups excluding carboxylic acids is 1. The zero-order valence-corrected chi connectivity index (χ0v) is 16.9. The monoisotopic (exact) mass is 392 g/mol. The Labute approximate surface area is 158 Å². The standard InChI is InChI=1S/C19H22ClFN2O2Si/c1-26(2,3)8-7-25-11-14-18-13(5-4-6-22-18)17-15(21)9-12(20)10-16(17)23-19(14)24/h4-6,9-10,14H,7-8,11H2,1-3H3,(H,23,24). The van der Waals surface area contributed by atoms with E-state index in [0.29, 0.717) is 29.1 Å². The fourth-order valence-electron chi connectivity index (χ4n) is 2.93. The van der Waals surface area contributed by atoms with Crippen LogP contribution in [0.15, 0.2) is 30.5 Å². The highest BCUT2D eigenvalue weighted by Gasteiger charge is 2.32. The highest BCUT2D eigenvalue weighted by atomic mass is 35.5. The van der Waals surface area contributed by atoms with Crippen LogP contribution >= 0.6 is 11.6 Å². The van der Waals surface area contributed by atoms with Crippen LogP contribution in [0.3, 0.4) is 0 Å². The summed E-state index contributed by atoms with van der Waals surface area (Å²) in [4.78, 5) is 17.1. The molecule has 138 valence electrons. The second-order valence-corrected chi connectivity index (χ2v) is 13.7. The van der Waals surface area contributed by atoms with Crippen molar-refractivity contribution in [2.75, 3.05) is 18.5 Å². The molecule has 1 aliphatic rings. The number of nitrogens with one attached hydrogen (secondary N) is 1. The molecule has 26 heavy (non-hydrogen) atoms. The summed E-state index contributed by atoms with van der Waals surface area (Å²) in [7, 11) is -1.21. The maximum Gasteiger partial charge on any atom is 0.235 e. The topological polar surface area (TPSA) is 51.2 Å². The molecule has 2 aromatic rings. The van der Waals surface area contributed by atoms with Crippen molar-refractivity contribution in [3.63, 3.8) is 0 Å². The summed E-state index contributed by atoms with van der Waals surface area (Å²) >= 11 is 5.96. The summed E-state index contributed by atoms with van der Waals surface area (Å²) in [5.41, 5.74) is 1.79. The van der Waals surface area contributed by atoms with E-state index in [1.54, 1.807) is 24.4 Å². The quantitative estimate of drug-likeness (QED) is 0.579. The minimum absolute atomic E-state index is 0.212. The van der Waals surface area contributed by atoms with Gasteiger partial charge in [0.05, 0.1) is 18.0 Å². The Kier molecular flexibility index (Phi) is 5.46. The summed E-state index contributed by atoms with van der Waals surface area (Å²) < 4.78 is 20.4. The number of fused-ring (bicyclic) bond motifs is 3. The van der Waals surface area contributed by atoms with E-state index in [9.17, 15) is 9.18 Å². The molecule has 7 heteroatoms. The fourth-order valence-corrected chi connectivity index (χ4v) is 3.89. The molecule has 0 saturated heterocycles. The van der Waals surface area contributed by atoms with Crippen LogP contribution in [-0.2, 0) is 9.53 Å². The molecule has 1 aromatic carbocycles. The fraction of sp³-hybridized carbons (Fsp3) is 0.368. The zero-order chi connectivity index (χ0) is 18.9. The first-order valence-electron chi connectivity index (χ1n) is 8.59. The van der Waals surface area contributed by atoms with Crippen molar-refractivity contribution in [2.45, 2.75) is 31.6 Å². The predicted octanol–water partition coefficient (Wildman–Crippen LogP) is 4.93. The van der Waals surface area contributed by atoms with Gasteiger partial charge in [-0.1, -0.05) is 37.3 Å². The van der Waals surface area contributed by atoms with E-state index in [2.05, 4.69) is 29.9 Å². The molecule has 1 aromatic heterocycles. The predicted molar refractivity (Wildman–Crippen MR) is 105 cm³/mol. The summed E-state index contributed by atoms with van der Waals surface area (Å²) in [5, 5.41) is 3.02. The molecule has 1 aliphatic heterocycles. The molecule has 0 radical (unpaired) electrons. The molecule has 1 atom stereocenters. The van der Waals surface area contributed by atoms with Crippen molar-refractivity contribution in [2.24, 2.45) is 0 Å². The Morgan fingerprint density at radius 2 is 2.12 bits per heavy atom. The van der Waals surface area contributed by atoms with Crippen LogP contribution in [0.5, 0.6) is 0 Å². The number of pyridine rings is 1. The van der Waals surface area contributed by atoms with Crippen molar-refractivity contribution < 1.29 is 13.9 Å². The molecule has 1 unspecified atom stereocenters. The first kappa shape index (κ1) is 19.0.